The lowest BCUT2D eigenvalue weighted by atomic mass is 10.2. The molecule has 0 amide bonds. The molecule has 6 nitrogen and oxygen atoms in total. The van der Waals surface area contributed by atoms with Gasteiger partial charge >= 0.3 is 17.2 Å². The maximum Gasteiger partial charge on any atom is 0.463 e. The summed E-state index contributed by atoms with van der Waals surface area (Å²) in [5, 5.41) is 0. The monoisotopic (exact) mass is 428 g/mol. The standard InChI is InChI=1S/C21H18O6P2/c1-4-10-19-16(7-1)13-22-28(25-19)23-14-17-8-2-5-11-20(17)26-29-24-15-18-9-3-6-12-21(18)27-29/h1-12H,13-15H2. The van der Waals surface area contributed by atoms with Crippen LogP contribution in [0.5, 0.6) is 17.2 Å². The van der Waals surface area contributed by atoms with E-state index in [1.807, 2.05) is 72.8 Å². The lowest BCUT2D eigenvalue weighted by Crippen LogP contribution is -2.09. The Hall–Kier alpha value is -2.20. The van der Waals surface area contributed by atoms with Gasteiger partial charge in [-0.2, -0.15) is 0 Å². The Morgan fingerprint density at radius 2 is 1.28 bits per heavy atom. The molecule has 0 fully saturated rings. The van der Waals surface area contributed by atoms with Gasteiger partial charge in [0.15, 0.2) is 0 Å². The van der Waals surface area contributed by atoms with Crippen molar-refractivity contribution in [3.63, 3.8) is 0 Å². The molecule has 148 valence electrons. The first-order chi connectivity index (χ1) is 14.3. The second kappa shape index (κ2) is 8.66. The zero-order chi connectivity index (χ0) is 19.5. The topological polar surface area (TPSA) is 55.4 Å². The minimum absolute atomic E-state index is 0.295. The second-order valence-electron chi connectivity index (χ2n) is 6.36. The summed E-state index contributed by atoms with van der Waals surface area (Å²) in [4.78, 5) is 0. The molecule has 2 aliphatic heterocycles. The number of rotatable bonds is 5. The van der Waals surface area contributed by atoms with E-state index >= 15 is 0 Å². The average molecular weight is 428 g/mol. The zero-order valence-electron chi connectivity index (χ0n) is 15.4. The molecule has 0 aromatic heterocycles. The molecule has 0 N–H and O–H groups in total. The van der Waals surface area contributed by atoms with Crippen LogP contribution < -0.4 is 13.6 Å². The van der Waals surface area contributed by atoms with E-state index in [9.17, 15) is 0 Å². The van der Waals surface area contributed by atoms with Crippen LogP contribution in [0.1, 0.15) is 16.7 Å². The summed E-state index contributed by atoms with van der Waals surface area (Å²) in [6, 6.07) is 23.2. The predicted molar refractivity (Wildman–Crippen MR) is 109 cm³/mol. The quantitative estimate of drug-likeness (QED) is 0.448. The number of benzene rings is 3. The highest BCUT2D eigenvalue weighted by molar-refractivity contribution is 7.42. The smallest absolute Gasteiger partial charge is 0.426 e. The van der Waals surface area contributed by atoms with Gasteiger partial charge in [0.05, 0.1) is 19.8 Å². The minimum atomic E-state index is -1.52. The van der Waals surface area contributed by atoms with Gasteiger partial charge in [-0.1, -0.05) is 54.6 Å². The van der Waals surface area contributed by atoms with Crippen molar-refractivity contribution in [2.45, 2.75) is 19.8 Å². The van der Waals surface area contributed by atoms with E-state index in [2.05, 4.69) is 0 Å². The van der Waals surface area contributed by atoms with Crippen LogP contribution in [-0.2, 0) is 33.4 Å². The van der Waals surface area contributed by atoms with Gasteiger partial charge in [0.2, 0.25) is 0 Å². The highest BCUT2D eigenvalue weighted by Crippen LogP contribution is 2.50. The summed E-state index contributed by atoms with van der Waals surface area (Å²) in [5.41, 5.74) is 2.91. The molecular formula is C21H18O6P2. The van der Waals surface area contributed by atoms with Crippen molar-refractivity contribution in [1.82, 2.24) is 0 Å². The van der Waals surface area contributed by atoms with E-state index in [0.717, 1.165) is 28.2 Å². The number of hydrogen-bond acceptors (Lipinski definition) is 6. The zero-order valence-corrected chi connectivity index (χ0v) is 17.2. The molecule has 2 aliphatic rings. The maximum atomic E-state index is 6.01. The van der Waals surface area contributed by atoms with Crippen LogP contribution in [-0.4, -0.2) is 0 Å². The van der Waals surface area contributed by atoms with Crippen LogP contribution in [0.3, 0.4) is 0 Å². The van der Waals surface area contributed by atoms with Crippen molar-refractivity contribution in [3.8, 4) is 17.2 Å². The Bertz CT molecular complexity index is 998. The second-order valence-corrected chi connectivity index (χ2v) is 8.58. The molecule has 3 aromatic carbocycles. The minimum Gasteiger partial charge on any atom is -0.426 e. The van der Waals surface area contributed by atoms with Gasteiger partial charge in [0.25, 0.3) is 0 Å². The summed E-state index contributed by atoms with van der Waals surface area (Å²) in [7, 11) is -2.98. The molecule has 3 aromatic rings. The van der Waals surface area contributed by atoms with Crippen LogP contribution >= 0.6 is 17.2 Å². The SMILES string of the molecule is c1ccc2c(c1)COP(OCc1ccccc1OP1OCc3ccccc3O1)O2. The molecule has 29 heavy (non-hydrogen) atoms. The maximum absolute atomic E-state index is 6.01. The molecule has 0 bridgehead atoms. The van der Waals surface area contributed by atoms with E-state index in [4.69, 9.17) is 27.1 Å². The van der Waals surface area contributed by atoms with Crippen LogP contribution in [0.2, 0.25) is 0 Å². The predicted octanol–water partition coefficient (Wildman–Crippen LogP) is 6.25. The molecule has 2 atom stereocenters. The van der Waals surface area contributed by atoms with E-state index in [0.29, 0.717) is 25.6 Å². The fourth-order valence-corrected chi connectivity index (χ4v) is 4.98. The Balaban J connectivity index is 1.23. The van der Waals surface area contributed by atoms with E-state index in [1.165, 1.54) is 0 Å². The first-order valence-corrected chi connectivity index (χ1v) is 11.3. The van der Waals surface area contributed by atoms with Crippen LogP contribution in [0, 0.1) is 0 Å². The molecular weight excluding hydrogens is 410 g/mol. The van der Waals surface area contributed by atoms with E-state index < -0.39 is 17.2 Å². The molecule has 0 saturated heterocycles. The summed E-state index contributed by atoms with van der Waals surface area (Å²) < 4.78 is 35.0. The number of hydrogen-bond donors (Lipinski definition) is 0. The number of para-hydroxylation sites is 3. The third kappa shape index (κ3) is 4.37. The first-order valence-electron chi connectivity index (χ1n) is 9.12. The largest absolute Gasteiger partial charge is 0.463 e. The van der Waals surface area contributed by atoms with Gasteiger partial charge in [-0.05, 0) is 18.2 Å². The van der Waals surface area contributed by atoms with Crippen LogP contribution in [0.4, 0.5) is 0 Å². The third-order valence-corrected chi connectivity index (χ3v) is 6.47. The van der Waals surface area contributed by atoms with Gasteiger partial charge in [-0.3, -0.25) is 13.6 Å². The van der Waals surface area contributed by atoms with Crippen LogP contribution in [0.15, 0.2) is 72.8 Å². The molecule has 2 unspecified atom stereocenters. The molecule has 0 spiro atoms. The summed E-state index contributed by atoms with van der Waals surface area (Å²) in [5.74, 6) is 2.26. The first kappa shape index (κ1) is 18.8. The lowest BCUT2D eigenvalue weighted by molar-refractivity contribution is 0.175. The fourth-order valence-electron chi connectivity index (χ4n) is 2.91. The van der Waals surface area contributed by atoms with E-state index in [1.54, 1.807) is 0 Å². The van der Waals surface area contributed by atoms with Gasteiger partial charge in [-0.25, -0.2) is 0 Å². The van der Waals surface area contributed by atoms with E-state index in [-0.39, 0.29) is 0 Å². The molecule has 8 heteroatoms. The molecule has 0 saturated carbocycles. The summed E-state index contributed by atoms with van der Waals surface area (Å²) in [6.07, 6.45) is 0. The van der Waals surface area contributed by atoms with Crippen molar-refractivity contribution >= 4 is 17.2 Å². The number of fused-ring (bicyclic) bond motifs is 2. The molecule has 5 rings (SSSR count). The van der Waals surface area contributed by atoms with Gasteiger partial charge in [0, 0.05) is 16.7 Å². The van der Waals surface area contributed by atoms with Crippen LogP contribution in [0.25, 0.3) is 0 Å². The van der Waals surface area contributed by atoms with Gasteiger partial charge < -0.3 is 13.6 Å². The van der Waals surface area contributed by atoms with Crippen molar-refractivity contribution < 1.29 is 27.1 Å². The third-order valence-electron chi connectivity index (χ3n) is 4.41. The normalized spacial score (nSPS) is 20.0. The van der Waals surface area contributed by atoms with Crippen molar-refractivity contribution in [3.05, 3.63) is 89.5 Å². The summed E-state index contributed by atoms with van der Waals surface area (Å²) >= 11 is 0. The highest BCUT2D eigenvalue weighted by Gasteiger charge is 2.26. The molecule has 0 radical (unpaired) electrons. The Morgan fingerprint density at radius 1 is 0.690 bits per heavy atom. The lowest BCUT2D eigenvalue weighted by Gasteiger charge is -2.25. The Labute approximate surface area is 171 Å². The molecule has 2 heterocycles. The Morgan fingerprint density at radius 3 is 2.03 bits per heavy atom. The van der Waals surface area contributed by atoms with Crippen molar-refractivity contribution in [1.29, 1.82) is 0 Å². The Kier molecular flexibility index (Phi) is 5.62. The summed E-state index contributed by atoms with van der Waals surface area (Å²) in [6.45, 7) is 1.24. The van der Waals surface area contributed by atoms with Gasteiger partial charge in [-0.15, -0.1) is 0 Å². The molecule has 0 aliphatic carbocycles. The highest BCUT2D eigenvalue weighted by atomic mass is 31.2. The van der Waals surface area contributed by atoms with Crippen molar-refractivity contribution in [2.24, 2.45) is 0 Å². The fraction of sp³-hybridized carbons (Fsp3) is 0.143. The average Bonchev–Trinajstić information content (AvgIpc) is 2.78. The van der Waals surface area contributed by atoms with Crippen molar-refractivity contribution in [2.75, 3.05) is 0 Å². The van der Waals surface area contributed by atoms with Gasteiger partial charge in [0.1, 0.15) is 17.2 Å².